The van der Waals surface area contributed by atoms with Crippen molar-refractivity contribution in [3.63, 3.8) is 0 Å². The third-order valence-corrected chi connectivity index (χ3v) is 3.86. The Morgan fingerprint density at radius 1 is 0.750 bits per heavy atom. The van der Waals surface area contributed by atoms with Crippen LogP contribution in [-0.2, 0) is 0 Å². The summed E-state index contributed by atoms with van der Waals surface area (Å²) in [6.45, 7) is 0. The molecule has 0 aliphatic heterocycles. The minimum atomic E-state index is 0.354. The van der Waals surface area contributed by atoms with Gasteiger partial charge in [0.05, 0.1) is 10.5 Å². The molecule has 0 radical (unpaired) electrons. The van der Waals surface area contributed by atoms with E-state index >= 15 is 0 Å². The van der Waals surface area contributed by atoms with E-state index in [9.17, 15) is 0 Å². The second-order valence-corrected chi connectivity index (χ2v) is 5.76. The van der Waals surface area contributed by atoms with Crippen LogP contribution in [0.1, 0.15) is 0 Å². The van der Waals surface area contributed by atoms with Gasteiger partial charge in [-0.25, -0.2) is 9.97 Å². The highest BCUT2D eigenvalue weighted by Crippen LogP contribution is 2.31. The lowest BCUT2D eigenvalue weighted by atomic mass is 10.2. The van der Waals surface area contributed by atoms with Crippen molar-refractivity contribution < 1.29 is 0 Å². The highest BCUT2D eigenvalue weighted by Gasteiger charge is 2.11. The maximum atomic E-state index is 6.18. The Kier molecular flexibility index (Phi) is 3.74. The standard InChI is InChI=1S/C14H6Cl4N2/c15-7-1-3-9(11(17)5-7)14-19-12-6-8(16)2-4-10(12)13(18)20-14/h1-6H. The van der Waals surface area contributed by atoms with Gasteiger partial charge >= 0.3 is 0 Å². The first-order valence-electron chi connectivity index (χ1n) is 5.63. The van der Waals surface area contributed by atoms with Gasteiger partial charge in [-0.05, 0) is 36.4 Å². The fraction of sp³-hybridized carbons (Fsp3) is 0. The summed E-state index contributed by atoms with van der Waals surface area (Å²) in [5.74, 6) is 0.437. The molecule has 0 N–H and O–H groups in total. The SMILES string of the molecule is Clc1ccc(-c2nc(Cl)c3ccc(Cl)cc3n2)c(Cl)c1. The van der Waals surface area contributed by atoms with E-state index < -0.39 is 0 Å². The summed E-state index contributed by atoms with van der Waals surface area (Å²) in [6, 6.07) is 10.4. The van der Waals surface area contributed by atoms with Crippen LogP contribution in [0.3, 0.4) is 0 Å². The third kappa shape index (κ3) is 2.57. The van der Waals surface area contributed by atoms with Crippen LogP contribution in [-0.4, -0.2) is 9.97 Å². The van der Waals surface area contributed by atoms with Gasteiger partial charge in [0.2, 0.25) is 0 Å². The first kappa shape index (κ1) is 13.9. The molecule has 0 unspecified atom stereocenters. The fourth-order valence-electron chi connectivity index (χ4n) is 1.86. The van der Waals surface area contributed by atoms with Crippen LogP contribution in [0.25, 0.3) is 22.3 Å². The number of fused-ring (bicyclic) bond motifs is 1. The molecule has 1 heterocycles. The number of rotatable bonds is 1. The summed E-state index contributed by atoms with van der Waals surface area (Å²) in [5, 5.41) is 2.70. The monoisotopic (exact) mass is 342 g/mol. The van der Waals surface area contributed by atoms with Gasteiger partial charge in [0.25, 0.3) is 0 Å². The zero-order valence-corrected chi connectivity index (χ0v) is 12.9. The molecule has 100 valence electrons. The molecular formula is C14H6Cl4N2. The smallest absolute Gasteiger partial charge is 0.162 e. The Hall–Kier alpha value is -1.06. The van der Waals surface area contributed by atoms with Gasteiger partial charge in [-0.15, -0.1) is 0 Å². The zero-order chi connectivity index (χ0) is 14.3. The van der Waals surface area contributed by atoms with Gasteiger partial charge in [-0.2, -0.15) is 0 Å². The van der Waals surface area contributed by atoms with Crippen molar-refractivity contribution in [2.45, 2.75) is 0 Å². The molecule has 0 bridgehead atoms. The quantitative estimate of drug-likeness (QED) is 0.513. The Bertz CT molecular complexity index is 818. The van der Waals surface area contributed by atoms with E-state index in [1.807, 2.05) is 0 Å². The lowest BCUT2D eigenvalue weighted by Gasteiger charge is -2.07. The first-order chi connectivity index (χ1) is 9.54. The van der Waals surface area contributed by atoms with E-state index in [0.29, 0.717) is 37.1 Å². The van der Waals surface area contributed by atoms with Crippen molar-refractivity contribution in [2.75, 3.05) is 0 Å². The summed E-state index contributed by atoms with van der Waals surface area (Å²) < 4.78 is 0. The molecule has 0 amide bonds. The molecule has 3 aromatic rings. The van der Waals surface area contributed by atoms with E-state index in [-0.39, 0.29) is 0 Å². The summed E-state index contributed by atoms with van der Waals surface area (Å²) in [5.41, 5.74) is 1.33. The summed E-state index contributed by atoms with van der Waals surface area (Å²) in [7, 11) is 0. The van der Waals surface area contributed by atoms with Crippen LogP contribution in [0.4, 0.5) is 0 Å². The van der Waals surface area contributed by atoms with Crippen molar-refractivity contribution in [1.82, 2.24) is 9.97 Å². The van der Waals surface area contributed by atoms with Crippen molar-refractivity contribution in [3.8, 4) is 11.4 Å². The molecular weight excluding hydrogens is 338 g/mol. The molecule has 0 aliphatic rings. The van der Waals surface area contributed by atoms with Gasteiger partial charge in [-0.1, -0.05) is 46.4 Å². The number of halogens is 4. The van der Waals surface area contributed by atoms with Gasteiger partial charge in [0.1, 0.15) is 5.15 Å². The molecule has 20 heavy (non-hydrogen) atoms. The number of nitrogens with zero attached hydrogens (tertiary/aromatic N) is 2. The number of benzene rings is 2. The average molecular weight is 344 g/mol. The molecule has 3 rings (SSSR count). The van der Waals surface area contributed by atoms with Crippen molar-refractivity contribution in [3.05, 3.63) is 56.6 Å². The molecule has 0 fully saturated rings. The number of hydrogen-bond acceptors (Lipinski definition) is 2. The van der Waals surface area contributed by atoms with Crippen LogP contribution in [0, 0.1) is 0 Å². The normalized spacial score (nSPS) is 11.0. The molecule has 0 saturated heterocycles. The van der Waals surface area contributed by atoms with E-state index in [1.165, 1.54) is 0 Å². The van der Waals surface area contributed by atoms with E-state index in [1.54, 1.807) is 36.4 Å². The van der Waals surface area contributed by atoms with Gasteiger partial charge < -0.3 is 0 Å². The largest absolute Gasteiger partial charge is 0.228 e. The van der Waals surface area contributed by atoms with Crippen LogP contribution >= 0.6 is 46.4 Å². The topological polar surface area (TPSA) is 25.8 Å². The lowest BCUT2D eigenvalue weighted by Crippen LogP contribution is -1.92. The minimum absolute atomic E-state index is 0.354. The maximum absolute atomic E-state index is 6.18. The summed E-state index contributed by atoms with van der Waals surface area (Å²) in [4.78, 5) is 8.73. The molecule has 0 aliphatic carbocycles. The van der Waals surface area contributed by atoms with Gasteiger partial charge in [0.15, 0.2) is 5.82 Å². The second-order valence-electron chi connectivity index (χ2n) is 4.12. The predicted octanol–water partition coefficient (Wildman–Crippen LogP) is 5.91. The molecule has 0 saturated carbocycles. The lowest BCUT2D eigenvalue weighted by molar-refractivity contribution is 1.23. The van der Waals surface area contributed by atoms with Crippen LogP contribution < -0.4 is 0 Å². The number of hydrogen-bond donors (Lipinski definition) is 0. The second kappa shape index (κ2) is 5.38. The fourth-order valence-corrected chi connectivity index (χ4v) is 2.75. The van der Waals surface area contributed by atoms with E-state index in [0.717, 1.165) is 5.39 Å². The van der Waals surface area contributed by atoms with Crippen LogP contribution in [0.15, 0.2) is 36.4 Å². The van der Waals surface area contributed by atoms with Crippen molar-refractivity contribution in [1.29, 1.82) is 0 Å². The van der Waals surface area contributed by atoms with Gasteiger partial charge in [0, 0.05) is 21.0 Å². The molecule has 1 aromatic heterocycles. The third-order valence-electron chi connectivity index (χ3n) is 2.78. The zero-order valence-electron chi connectivity index (χ0n) is 9.87. The van der Waals surface area contributed by atoms with Crippen molar-refractivity contribution in [2.24, 2.45) is 0 Å². The minimum Gasteiger partial charge on any atom is -0.228 e. The number of aromatic nitrogens is 2. The van der Waals surface area contributed by atoms with Crippen molar-refractivity contribution >= 4 is 57.3 Å². The van der Waals surface area contributed by atoms with Crippen LogP contribution in [0.2, 0.25) is 20.2 Å². The Labute approximate surface area is 135 Å². The molecule has 2 aromatic carbocycles. The van der Waals surface area contributed by atoms with E-state index in [4.69, 9.17) is 46.4 Å². The molecule has 6 heteroatoms. The average Bonchev–Trinajstić information content (AvgIpc) is 2.37. The van der Waals surface area contributed by atoms with Gasteiger partial charge in [-0.3, -0.25) is 0 Å². The first-order valence-corrected chi connectivity index (χ1v) is 7.14. The Balaban J connectivity index is 2.26. The molecule has 0 spiro atoms. The highest BCUT2D eigenvalue weighted by atomic mass is 35.5. The Morgan fingerprint density at radius 3 is 2.20 bits per heavy atom. The molecule has 2 nitrogen and oxygen atoms in total. The molecule has 0 atom stereocenters. The maximum Gasteiger partial charge on any atom is 0.162 e. The summed E-state index contributed by atoms with van der Waals surface area (Å²) in [6.07, 6.45) is 0. The van der Waals surface area contributed by atoms with E-state index in [2.05, 4.69) is 9.97 Å². The summed E-state index contributed by atoms with van der Waals surface area (Å²) >= 11 is 24.2. The Morgan fingerprint density at radius 2 is 1.45 bits per heavy atom. The predicted molar refractivity (Wildman–Crippen MR) is 85.0 cm³/mol. The van der Waals surface area contributed by atoms with Crippen LogP contribution in [0.5, 0.6) is 0 Å². The highest BCUT2D eigenvalue weighted by molar-refractivity contribution is 6.37.